The summed E-state index contributed by atoms with van der Waals surface area (Å²) in [6.45, 7) is 2.92. The second kappa shape index (κ2) is 3.12. The molecule has 10 heavy (non-hydrogen) atoms. The molecule has 1 saturated heterocycles. The number of aldehydes is 1. The van der Waals surface area contributed by atoms with Gasteiger partial charge < -0.3 is 10.1 Å². The van der Waals surface area contributed by atoms with Crippen molar-refractivity contribution >= 4 is 6.29 Å². The van der Waals surface area contributed by atoms with Gasteiger partial charge in [-0.15, -0.1) is 0 Å². The molecule has 3 nitrogen and oxygen atoms in total. The summed E-state index contributed by atoms with van der Waals surface area (Å²) in [6.07, 6.45) is 1.96. The van der Waals surface area contributed by atoms with Gasteiger partial charge in [-0.2, -0.15) is 0 Å². The first-order valence-electron chi connectivity index (χ1n) is 3.63. The molecule has 1 rings (SSSR count). The van der Waals surface area contributed by atoms with Gasteiger partial charge in [0.2, 0.25) is 0 Å². The number of rotatable bonds is 1. The molecule has 0 bridgehead atoms. The van der Waals surface area contributed by atoms with Crippen LogP contribution in [0.25, 0.3) is 0 Å². The average molecular weight is 142 g/mol. The molecule has 1 aliphatic heterocycles. The van der Waals surface area contributed by atoms with E-state index in [0.717, 1.165) is 19.4 Å². The van der Waals surface area contributed by atoms with E-state index >= 15 is 0 Å². The predicted molar refractivity (Wildman–Crippen MR) is 39.7 cm³/mol. The minimum atomic E-state index is 0.122. The first kappa shape index (κ1) is 7.69. The lowest BCUT2D eigenvalue weighted by atomic mass is 10.1. The van der Waals surface area contributed by atoms with E-state index in [2.05, 4.69) is 12.2 Å². The molecule has 1 fully saturated rings. The fourth-order valence-electron chi connectivity index (χ4n) is 1.20. The Hall–Kier alpha value is -0.410. The highest BCUT2D eigenvalue weighted by molar-refractivity contribution is 5.57. The van der Waals surface area contributed by atoms with Crippen LogP contribution in [0, 0.1) is 0 Å². The zero-order chi connectivity index (χ0) is 7.56. The van der Waals surface area contributed by atoms with E-state index in [9.17, 15) is 4.79 Å². The number of nitrogens with one attached hydrogen (secondary N) is 1. The number of carbonyl (C=O) groups is 1. The molecule has 2 atom stereocenters. The predicted octanol–water partition coefficient (Wildman–Crippen LogP) is -0.175. The minimum Gasteiger partial charge on any atom is -0.302 e. The van der Waals surface area contributed by atoms with Crippen LogP contribution in [0.5, 0.6) is 0 Å². The van der Waals surface area contributed by atoms with E-state index in [1.807, 2.05) is 11.9 Å². The van der Waals surface area contributed by atoms with E-state index in [0.29, 0.717) is 6.04 Å². The topological polar surface area (TPSA) is 32.3 Å². The summed E-state index contributed by atoms with van der Waals surface area (Å²) in [5, 5.41) is 3.26. The third kappa shape index (κ3) is 1.55. The van der Waals surface area contributed by atoms with Crippen LogP contribution < -0.4 is 5.32 Å². The SMILES string of the molecule is CC1CC(C=O)N(C)CN1. The van der Waals surface area contributed by atoms with Crippen LogP contribution in [0.1, 0.15) is 13.3 Å². The Morgan fingerprint density at radius 1 is 1.70 bits per heavy atom. The second-order valence-corrected chi connectivity index (χ2v) is 2.96. The van der Waals surface area contributed by atoms with Crippen LogP contribution in [0.3, 0.4) is 0 Å². The highest BCUT2D eigenvalue weighted by Crippen LogP contribution is 2.07. The van der Waals surface area contributed by atoms with Crippen molar-refractivity contribution in [3.8, 4) is 0 Å². The number of carbonyl (C=O) groups excluding carboxylic acids is 1. The monoisotopic (exact) mass is 142 g/mol. The fraction of sp³-hybridized carbons (Fsp3) is 0.857. The number of hydrogen-bond acceptors (Lipinski definition) is 3. The van der Waals surface area contributed by atoms with Crippen molar-refractivity contribution in [1.82, 2.24) is 10.2 Å². The van der Waals surface area contributed by atoms with Crippen molar-refractivity contribution in [3.63, 3.8) is 0 Å². The van der Waals surface area contributed by atoms with Crippen LogP contribution in [-0.2, 0) is 4.79 Å². The van der Waals surface area contributed by atoms with Gasteiger partial charge in [-0.1, -0.05) is 0 Å². The second-order valence-electron chi connectivity index (χ2n) is 2.96. The van der Waals surface area contributed by atoms with Crippen molar-refractivity contribution in [2.24, 2.45) is 0 Å². The maximum atomic E-state index is 10.4. The Bertz CT molecular complexity index is 127. The molecule has 0 aromatic carbocycles. The summed E-state index contributed by atoms with van der Waals surface area (Å²) in [6, 6.07) is 0.600. The molecule has 0 saturated carbocycles. The van der Waals surface area contributed by atoms with Gasteiger partial charge in [0, 0.05) is 12.7 Å². The number of likely N-dealkylation sites (N-methyl/N-ethyl adjacent to an activating group) is 1. The summed E-state index contributed by atoms with van der Waals surface area (Å²) in [4.78, 5) is 12.5. The van der Waals surface area contributed by atoms with Crippen LogP contribution in [0.15, 0.2) is 0 Å². The van der Waals surface area contributed by atoms with Crippen LogP contribution in [0.4, 0.5) is 0 Å². The van der Waals surface area contributed by atoms with Gasteiger partial charge >= 0.3 is 0 Å². The Labute approximate surface area is 61.4 Å². The van der Waals surface area contributed by atoms with Gasteiger partial charge in [0.05, 0.1) is 6.04 Å². The van der Waals surface area contributed by atoms with E-state index in [-0.39, 0.29) is 6.04 Å². The van der Waals surface area contributed by atoms with Gasteiger partial charge in [0.15, 0.2) is 0 Å². The molecule has 3 heteroatoms. The zero-order valence-electron chi connectivity index (χ0n) is 6.50. The summed E-state index contributed by atoms with van der Waals surface area (Å²) < 4.78 is 0. The highest BCUT2D eigenvalue weighted by atomic mass is 16.1. The van der Waals surface area contributed by atoms with Crippen LogP contribution in [0.2, 0.25) is 0 Å². The van der Waals surface area contributed by atoms with Crippen molar-refractivity contribution in [3.05, 3.63) is 0 Å². The molecule has 0 aromatic heterocycles. The number of hydrogen-bond donors (Lipinski definition) is 1. The maximum absolute atomic E-state index is 10.4. The molecule has 0 spiro atoms. The summed E-state index contributed by atoms with van der Waals surface area (Å²) in [5.41, 5.74) is 0. The molecule has 0 radical (unpaired) electrons. The van der Waals surface area contributed by atoms with E-state index in [4.69, 9.17) is 0 Å². The molecule has 58 valence electrons. The normalized spacial score (nSPS) is 35.8. The van der Waals surface area contributed by atoms with Crippen molar-refractivity contribution in [2.75, 3.05) is 13.7 Å². The summed E-state index contributed by atoms with van der Waals surface area (Å²) >= 11 is 0. The van der Waals surface area contributed by atoms with E-state index in [1.54, 1.807) is 0 Å². The van der Waals surface area contributed by atoms with Crippen molar-refractivity contribution in [2.45, 2.75) is 25.4 Å². The Morgan fingerprint density at radius 2 is 2.40 bits per heavy atom. The Kier molecular flexibility index (Phi) is 2.40. The average Bonchev–Trinajstić information content (AvgIpc) is 1.94. The maximum Gasteiger partial charge on any atom is 0.137 e. The van der Waals surface area contributed by atoms with Crippen LogP contribution in [-0.4, -0.2) is 37.0 Å². The van der Waals surface area contributed by atoms with Gasteiger partial charge in [0.1, 0.15) is 6.29 Å². The summed E-state index contributed by atoms with van der Waals surface area (Å²) in [7, 11) is 1.96. The van der Waals surface area contributed by atoms with Gasteiger partial charge in [-0.25, -0.2) is 0 Å². The molecule has 1 N–H and O–H groups in total. The lowest BCUT2D eigenvalue weighted by Crippen LogP contribution is -2.50. The molecule has 0 aromatic rings. The molecule has 1 heterocycles. The quantitative estimate of drug-likeness (QED) is 0.516. The zero-order valence-corrected chi connectivity index (χ0v) is 6.50. The largest absolute Gasteiger partial charge is 0.302 e. The summed E-state index contributed by atoms with van der Waals surface area (Å²) in [5.74, 6) is 0. The Balaban J connectivity index is 2.45. The highest BCUT2D eigenvalue weighted by Gasteiger charge is 2.21. The van der Waals surface area contributed by atoms with Crippen molar-refractivity contribution < 1.29 is 4.79 Å². The smallest absolute Gasteiger partial charge is 0.137 e. The van der Waals surface area contributed by atoms with Crippen molar-refractivity contribution in [1.29, 1.82) is 0 Å². The lowest BCUT2D eigenvalue weighted by molar-refractivity contribution is -0.113. The molecule has 0 amide bonds. The van der Waals surface area contributed by atoms with Gasteiger partial charge in [-0.3, -0.25) is 4.90 Å². The molecule has 1 aliphatic rings. The van der Waals surface area contributed by atoms with Crippen LogP contribution >= 0.6 is 0 Å². The molecule has 0 aliphatic carbocycles. The molecular formula is C7H14N2O. The standard InChI is InChI=1S/C7H14N2O/c1-6-3-7(4-10)9(2)5-8-6/h4,6-8H,3,5H2,1-2H3. The lowest BCUT2D eigenvalue weighted by Gasteiger charge is -2.33. The fourth-order valence-corrected chi connectivity index (χ4v) is 1.20. The third-order valence-corrected chi connectivity index (χ3v) is 2.01. The molecule has 2 unspecified atom stereocenters. The van der Waals surface area contributed by atoms with Gasteiger partial charge in [-0.05, 0) is 20.4 Å². The van der Waals surface area contributed by atoms with Gasteiger partial charge in [0.25, 0.3) is 0 Å². The first-order chi connectivity index (χ1) is 4.74. The first-order valence-corrected chi connectivity index (χ1v) is 3.63. The third-order valence-electron chi connectivity index (χ3n) is 2.01. The minimum absolute atomic E-state index is 0.122. The Morgan fingerprint density at radius 3 is 2.90 bits per heavy atom. The van der Waals surface area contributed by atoms with E-state index < -0.39 is 0 Å². The van der Waals surface area contributed by atoms with E-state index in [1.165, 1.54) is 0 Å². The molecular weight excluding hydrogens is 128 g/mol. The number of nitrogens with zero attached hydrogens (tertiary/aromatic N) is 1.